The number of likely N-dealkylation sites (N-methyl/N-ethyl adjacent to an activating group) is 1. The summed E-state index contributed by atoms with van der Waals surface area (Å²) in [6, 6.07) is 0. The molecule has 1 rings (SSSR count). The lowest BCUT2D eigenvalue weighted by atomic mass is 9.95. The normalized spacial score (nSPS) is 21.1. The molecule has 0 spiro atoms. The molecule has 2 amide bonds. The minimum Gasteiger partial charge on any atom is -0.342 e. The summed E-state index contributed by atoms with van der Waals surface area (Å²) in [6.45, 7) is 10.3. The van der Waals surface area contributed by atoms with Crippen LogP contribution in [0.2, 0.25) is 0 Å². The van der Waals surface area contributed by atoms with Gasteiger partial charge in [0.2, 0.25) is 11.8 Å². The van der Waals surface area contributed by atoms with Gasteiger partial charge < -0.3 is 15.1 Å². The Morgan fingerprint density at radius 3 is 2.61 bits per heavy atom. The first kappa shape index (κ1) is 15.0. The second-order valence-electron chi connectivity index (χ2n) is 5.48. The third kappa shape index (κ3) is 2.83. The van der Waals surface area contributed by atoms with E-state index in [0.717, 1.165) is 6.54 Å². The molecule has 0 bridgehead atoms. The van der Waals surface area contributed by atoms with Crippen molar-refractivity contribution in [2.75, 3.05) is 33.2 Å². The summed E-state index contributed by atoms with van der Waals surface area (Å²) in [5.74, 6) is -0.0272. The maximum Gasteiger partial charge on any atom is 0.247 e. The van der Waals surface area contributed by atoms with E-state index in [1.54, 1.807) is 16.8 Å². The fraction of sp³-hybridized carbons (Fsp3) is 0.846. The Morgan fingerprint density at radius 1 is 1.44 bits per heavy atom. The van der Waals surface area contributed by atoms with Gasteiger partial charge in [0.15, 0.2) is 0 Å². The van der Waals surface area contributed by atoms with Crippen LogP contribution in [0.3, 0.4) is 0 Å². The summed E-state index contributed by atoms with van der Waals surface area (Å²) in [7, 11) is 1.79. The number of carbonyl (C=O) groups is 2. The van der Waals surface area contributed by atoms with Crippen LogP contribution in [0.15, 0.2) is 0 Å². The predicted molar refractivity (Wildman–Crippen MR) is 71.1 cm³/mol. The van der Waals surface area contributed by atoms with E-state index in [2.05, 4.69) is 5.32 Å². The van der Waals surface area contributed by atoms with Crippen molar-refractivity contribution >= 4 is 11.8 Å². The minimum absolute atomic E-state index is 0.0118. The highest BCUT2D eigenvalue weighted by Gasteiger charge is 2.43. The molecule has 104 valence electrons. The van der Waals surface area contributed by atoms with Crippen molar-refractivity contribution in [2.24, 2.45) is 5.92 Å². The summed E-state index contributed by atoms with van der Waals surface area (Å²) in [5, 5.41) is 3.17. The monoisotopic (exact) mass is 255 g/mol. The molecule has 1 heterocycles. The van der Waals surface area contributed by atoms with E-state index >= 15 is 0 Å². The van der Waals surface area contributed by atoms with Crippen LogP contribution in [-0.4, -0.2) is 60.4 Å². The molecule has 1 aliphatic rings. The van der Waals surface area contributed by atoms with E-state index in [1.807, 2.05) is 27.7 Å². The molecule has 1 N–H and O–H groups in total. The summed E-state index contributed by atoms with van der Waals surface area (Å²) in [5.41, 5.74) is -0.732. The molecule has 5 heteroatoms. The number of nitrogens with one attached hydrogen (secondary N) is 1. The Labute approximate surface area is 110 Å². The van der Waals surface area contributed by atoms with Crippen LogP contribution < -0.4 is 5.32 Å². The van der Waals surface area contributed by atoms with Gasteiger partial charge in [-0.25, -0.2) is 0 Å². The van der Waals surface area contributed by atoms with E-state index in [1.165, 1.54) is 0 Å². The van der Waals surface area contributed by atoms with Gasteiger partial charge in [-0.15, -0.1) is 0 Å². The third-order valence-electron chi connectivity index (χ3n) is 3.59. The van der Waals surface area contributed by atoms with E-state index in [4.69, 9.17) is 0 Å². The number of hydrogen-bond acceptors (Lipinski definition) is 3. The lowest BCUT2D eigenvalue weighted by molar-refractivity contribution is -0.159. The average molecular weight is 255 g/mol. The molecule has 1 aliphatic heterocycles. The second-order valence-corrected chi connectivity index (χ2v) is 5.48. The first-order valence-electron chi connectivity index (χ1n) is 6.60. The van der Waals surface area contributed by atoms with Gasteiger partial charge in [0.1, 0.15) is 5.54 Å². The highest BCUT2D eigenvalue weighted by atomic mass is 16.2. The lowest BCUT2D eigenvalue weighted by Gasteiger charge is -2.45. The third-order valence-corrected chi connectivity index (χ3v) is 3.59. The largest absolute Gasteiger partial charge is 0.342 e. The summed E-state index contributed by atoms with van der Waals surface area (Å²) < 4.78 is 0. The SMILES string of the molecule is CCNCC(C)C(=O)N1CCN(C)C(=O)C1(C)C. The summed E-state index contributed by atoms with van der Waals surface area (Å²) >= 11 is 0. The highest BCUT2D eigenvalue weighted by Crippen LogP contribution is 2.23. The van der Waals surface area contributed by atoms with Crippen molar-refractivity contribution in [3.63, 3.8) is 0 Å². The number of rotatable bonds is 4. The molecule has 5 nitrogen and oxygen atoms in total. The molecule has 1 unspecified atom stereocenters. The Balaban J connectivity index is 2.76. The zero-order valence-electron chi connectivity index (χ0n) is 12.1. The minimum atomic E-state index is -0.732. The van der Waals surface area contributed by atoms with E-state index < -0.39 is 5.54 Å². The molecular formula is C13H25N3O2. The molecule has 0 aromatic carbocycles. The zero-order valence-corrected chi connectivity index (χ0v) is 12.1. The Kier molecular flexibility index (Phi) is 4.73. The van der Waals surface area contributed by atoms with Crippen LogP contribution in [-0.2, 0) is 9.59 Å². The summed E-state index contributed by atoms with van der Waals surface area (Å²) in [6.07, 6.45) is 0. The molecule has 0 saturated carbocycles. The Morgan fingerprint density at radius 2 is 2.06 bits per heavy atom. The van der Waals surface area contributed by atoms with Crippen LogP contribution in [0.1, 0.15) is 27.7 Å². The maximum absolute atomic E-state index is 12.4. The van der Waals surface area contributed by atoms with Crippen molar-refractivity contribution in [2.45, 2.75) is 33.2 Å². The van der Waals surface area contributed by atoms with E-state index in [-0.39, 0.29) is 17.7 Å². The van der Waals surface area contributed by atoms with Gasteiger partial charge in [-0.1, -0.05) is 13.8 Å². The zero-order chi connectivity index (χ0) is 13.9. The van der Waals surface area contributed by atoms with Crippen molar-refractivity contribution in [3.05, 3.63) is 0 Å². The highest BCUT2D eigenvalue weighted by molar-refractivity contribution is 5.92. The van der Waals surface area contributed by atoms with Crippen LogP contribution in [0.4, 0.5) is 0 Å². The Hall–Kier alpha value is -1.10. The average Bonchev–Trinajstić information content (AvgIpc) is 2.32. The standard InChI is InChI=1S/C13H25N3O2/c1-6-14-9-10(2)11(17)16-8-7-15(5)12(18)13(16,3)4/h10,14H,6-9H2,1-5H3. The molecular weight excluding hydrogens is 230 g/mol. The van der Waals surface area contributed by atoms with Crippen LogP contribution in [0, 0.1) is 5.92 Å². The molecule has 0 aliphatic carbocycles. The van der Waals surface area contributed by atoms with Crippen molar-refractivity contribution in [3.8, 4) is 0 Å². The predicted octanol–water partition coefficient (Wildman–Crippen LogP) is 0.311. The smallest absolute Gasteiger partial charge is 0.247 e. The van der Waals surface area contributed by atoms with Gasteiger partial charge in [0.25, 0.3) is 0 Å². The Bertz CT molecular complexity index is 328. The fourth-order valence-electron chi connectivity index (χ4n) is 2.31. The van der Waals surface area contributed by atoms with Gasteiger partial charge >= 0.3 is 0 Å². The number of amides is 2. The molecule has 1 saturated heterocycles. The lowest BCUT2D eigenvalue weighted by Crippen LogP contribution is -2.64. The first-order chi connectivity index (χ1) is 8.32. The fourth-order valence-corrected chi connectivity index (χ4v) is 2.31. The van der Waals surface area contributed by atoms with Gasteiger partial charge in [-0.05, 0) is 20.4 Å². The van der Waals surface area contributed by atoms with Gasteiger partial charge in [-0.3, -0.25) is 9.59 Å². The topological polar surface area (TPSA) is 52.7 Å². The molecule has 0 radical (unpaired) electrons. The molecule has 1 atom stereocenters. The first-order valence-corrected chi connectivity index (χ1v) is 6.60. The van der Waals surface area contributed by atoms with Crippen molar-refractivity contribution in [1.29, 1.82) is 0 Å². The quantitative estimate of drug-likeness (QED) is 0.786. The van der Waals surface area contributed by atoms with Gasteiger partial charge in [-0.2, -0.15) is 0 Å². The number of nitrogens with zero attached hydrogens (tertiary/aromatic N) is 2. The maximum atomic E-state index is 12.4. The number of carbonyl (C=O) groups excluding carboxylic acids is 2. The number of piperazine rings is 1. The number of hydrogen-bond donors (Lipinski definition) is 1. The summed E-state index contributed by atoms with van der Waals surface area (Å²) in [4.78, 5) is 27.9. The van der Waals surface area contributed by atoms with E-state index in [0.29, 0.717) is 19.6 Å². The van der Waals surface area contributed by atoms with E-state index in [9.17, 15) is 9.59 Å². The van der Waals surface area contributed by atoms with Crippen LogP contribution in [0.25, 0.3) is 0 Å². The van der Waals surface area contributed by atoms with Crippen molar-refractivity contribution in [1.82, 2.24) is 15.1 Å². The van der Waals surface area contributed by atoms with Crippen LogP contribution >= 0.6 is 0 Å². The molecule has 1 fully saturated rings. The van der Waals surface area contributed by atoms with Crippen molar-refractivity contribution < 1.29 is 9.59 Å². The van der Waals surface area contributed by atoms with Gasteiger partial charge in [0.05, 0.1) is 0 Å². The van der Waals surface area contributed by atoms with Crippen LogP contribution in [0.5, 0.6) is 0 Å². The molecule has 0 aromatic heterocycles. The van der Waals surface area contributed by atoms with Gasteiger partial charge in [0, 0.05) is 32.6 Å². The second kappa shape index (κ2) is 5.69. The molecule has 18 heavy (non-hydrogen) atoms. The molecule has 0 aromatic rings.